The predicted molar refractivity (Wildman–Crippen MR) is 104 cm³/mol. The highest BCUT2D eigenvalue weighted by Crippen LogP contribution is 2.29. The van der Waals surface area contributed by atoms with Crippen LogP contribution >= 0.6 is 0 Å². The van der Waals surface area contributed by atoms with E-state index in [1.54, 1.807) is 7.05 Å². The van der Waals surface area contributed by atoms with Crippen molar-refractivity contribution >= 4 is 5.91 Å². The first kappa shape index (κ1) is 20.5. The van der Waals surface area contributed by atoms with Gasteiger partial charge in [-0.05, 0) is 31.0 Å². The lowest BCUT2D eigenvalue weighted by Gasteiger charge is -2.34. The van der Waals surface area contributed by atoms with Crippen LogP contribution < -0.4 is 14.8 Å². The van der Waals surface area contributed by atoms with Crippen LogP contribution in [0, 0.1) is 0 Å². The molecule has 1 N–H and O–H groups in total. The number of nitrogens with zero attached hydrogens (tertiary/aromatic N) is 2. The van der Waals surface area contributed by atoms with Gasteiger partial charge in [-0.3, -0.25) is 14.6 Å². The lowest BCUT2D eigenvalue weighted by Crippen LogP contribution is -2.48. The van der Waals surface area contributed by atoms with Gasteiger partial charge in [-0.1, -0.05) is 19.4 Å². The molecular formula is C20H33N3O3. The molecule has 1 amide bonds. The van der Waals surface area contributed by atoms with Crippen LogP contribution in [0.3, 0.4) is 0 Å². The Morgan fingerprint density at radius 3 is 2.46 bits per heavy atom. The minimum Gasteiger partial charge on any atom is -0.490 e. The molecule has 1 aliphatic heterocycles. The average Bonchev–Trinajstić information content (AvgIpc) is 2.65. The standard InChI is InChI=1S/C20H33N3O3/c1-4-6-13-26-18-8-7-17(14-19(18)25-5-2)15-22-9-11-23(12-10-22)16-20(24)21-3/h7-8,14H,4-6,9-13,15-16H2,1-3H3,(H,21,24). The Balaban J connectivity index is 1.89. The summed E-state index contributed by atoms with van der Waals surface area (Å²) < 4.78 is 11.6. The van der Waals surface area contributed by atoms with Crippen molar-refractivity contribution in [2.45, 2.75) is 33.2 Å². The van der Waals surface area contributed by atoms with Crippen LogP contribution in [-0.4, -0.2) is 68.7 Å². The van der Waals surface area contributed by atoms with Gasteiger partial charge in [-0.25, -0.2) is 0 Å². The van der Waals surface area contributed by atoms with Crippen molar-refractivity contribution in [3.05, 3.63) is 23.8 Å². The number of hydrogen-bond acceptors (Lipinski definition) is 5. The third-order valence-electron chi connectivity index (χ3n) is 4.58. The van der Waals surface area contributed by atoms with Crippen LogP contribution in [0.25, 0.3) is 0 Å². The molecule has 0 aromatic heterocycles. The van der Waals surface area contributed by atoms with Crippen LogP contribution in [0.5, 0.6) is 11.5 Å². The van der Waals surface area contributed by atoms with Gasteiger partial charge in [0.1, 0.15) is 0 Å². The summed E-state index contributed by atoms with van der Waals surface area (Å²) in [6.07, 6.45) is 2.17. The predicted octanol–water partition coefficient (Wildman–Crippen LogP) is 2.13. The molecule has 0 radical (unpaired) electrons. The molecule has 0 bridgehead atoms. The molecule has 1 heterocycles. The normalized spacial score (nSPS) is 15.7. The van der Waals surface area contributed by atoms with Gasteiger partial charge in [-0.2, -0.15) is 0 Å². The van der Waals surface area contributed by atoms with Crippen LogP contribution in [-0.2, 0) is 11.3 Å². The number of carbonyl (C=O) groups excluding carboxylic acids is 1. The fourth-order valence-electron chi connectivity index (χ4n) is 3.01. The highest BCUT2D eigenvalue weighted by molar-refractivity contribution is 5.77. The fourth-order valence-corrected chi connectivity index (χ4v) is 3.01. The van der Waals surface area contributed by atoms with E-state index in [4.69, 9.17) is 9.47 Å². The summed E-state index contributed by atoms with van der Waals surface area (Å²) in [5, 5.41) is 2.68. The lowest BCUT2D eigenvalue weighted by molar-refractivity contribution is -0.122. The van der Waals surface area contributed by atoms with Gasteiger partial charge in [0, 0.05) is 39.8 Å². The second-order valence-electron chi connectivity index (χ2n) is 6.64. The Morgan fingerprint density at radius 1 is 1.08 bits per heavy atom. The SMILES string of the molecule is CCCCOc1ccc(CN2CCN(CC(=O)NC)CC2)cc1OCC. The Bertz CT molecular complexity index is 557. The highest BCUT2D eigenvalue weighted by Gasteiger charge is 2.19. The molecule has 0 aliphatic carbocycles. The van der Waals surface area contributed by atoms with Crippen LogP contribution in [0.15, 0.2) is 18.2 Å². The van der Waals surface area contributed by atoms with E-state index in [-0.39, 0.29) is 5.91 Å². The van der Waals surface area contributed by atoms with Gasteiger partial charge in [-0.15, -0.1) is 0 Å². The van der Waals surface area contributed by atoms with Crippen molar-refractivity contribution in [2.75, 3.05) is 53.0 Å². The van der Waals surface area contributed by atoms with Crippen molar-refractivity contribution in [2.24, 2.45) is 0 Å². The number of rotatable bonds is 10. The second-order valence-corrected chi connectivity index (χ2v) is 6.64. The zero-order chi connectivity index (χ0) is 18.8. The van der Waals surface area contributed by atoms with Gasteiger partial charge in [0.2, 0.25) is 5.91 Å². The van der Waals surface area contributed by atoms with E-state index < -0.39 is 0 Å². The molecule has 1 aromatic carbocycles. The van der Waals surface area contributed by atoms with Gasteiger partial charge in [0.25, 0.3) is 0 Å². The Hall–Kier alpha value is -1.79. The number of unbranched alkanes of at least 4 members (excludes halogenated alkanes) is 1. The second kappa shape index (κ2) is 11.0. The number of benzene rings is 1. The molecule has 0 atom stereocenters. The van der Waals surface area contributed by atoms with Crippen molar-refractivity contribution in [3.8, 4) is 11.5 Å². The quantitative estimate of drug-likeness (QED) is 0.646. The molecule has 0 saturated carbocycles. The molecule has 1 aromatic rings. The first-order chi connectivity index (χ1) is 12.7. The highest BCUT2D eigenvalue weighted by atomic mass is 16.5. The third kappa shape index (κ3) is 6.50. The van der Waals surface area contributed by atoms with E-state index in [0.29, 0.717) is 13.2 Å². The Morgan fingerprint density at radius 2 is 1.81 bits per heavy atom. The lowest BCUT2D eigenvalue weighted by atomic mass is 10.1. The molecule has 26 heavy (non-hydrogen) atoms. The number of carbonyl (C=O) groups is 1. The van der Waals surface area contributed by atoms with E-state index in [1.807, 2.05) is 13.0 Å². The summed E-state index contributed by atoms with van der Waals surface area (Å²) in [6, 6.07) is 6.25. The van der Waals surface area contributed by atoms with Crippen LogP contribution in [0.4, 0.5) is 0 Å². The summed E-state index contributed by atoms with van der Waals surface area (Å²) in [5.74, 6) is 1.75. The summed E-state index contributed by atoms with van der Waals surface area (Å²) in [6.45, 7) is 10.7. The molecule has 6 nitrogen and oxygen atoms in total. The molecule has 0 spiro atoms. The van der Waals surface area contributed by atoms with E-state index >= 15 is 0 Å². The van der Waals surface area contributed by atoms with Gasteiger partial charge in [0.15, 0.2) is 11.5 Å². The van der Waals surface area contributed by atoms with E-state index in [0.717, 1.165) is 63.7 Å². The number of hydrogen-bond donors (Lipinski definition) is 1. The molecule has 0 unspecified atom stereocenters. The zero-order valence-corrected chi connectivity index (χ0v) is 16.4. The summed E-state index contributed by atoms with van der Waals surface area (Å²) in [5.41, 5.74) is 1.23. The average molecular weight is 364 g/mol. The van der Waals surface area contributed by atoms with Crippen LogP contribution in [0.2, 0.25) is 0 Å². The minimum absolute atomic E-state index is 0.0819. The smallest absolute Gasteiger partial charge is 0.233 e. The molecule has 2 rings (SSSR count). The molecule has 1 saturated heterocycles. The number of ether oxygens (including phenoxy) is 2. The molecule has 1 fully saturated rings. The summed E-state index contributed by atoms with van der Waals surface area (Å²) in [7, 11) is 1.68. The fraction of sp³-hybridized carbons (Fsp3) is 0.650. The van der Waals surface area contributed by atoms with E-state index in [1.165, 1.54) is 5.56 Å². The largest absolute Gasteiger partial charge is 0.490 e. The van der Waals surface area contributed by atoms with E-state index in [9.17, 15) is 4.79 Å². The molecular weight excluding hydrogens is 330 g/mol. The van der Waals surface area contributed by atoms with Gasteiger partial charge < -0.3 is 14.8 Å². The summed E-state index contributed by atoms with van der Waals surface area (Å²) >= 11 is 0. The molecule has 6 heteroatoms. The Labute approximate surface area is 157 Å². The molecule has 1 aliphatic rings. The maximum absolute atomic E-state index is 11.5. The van der Waals surface area contributed by atoms with Crippen molar-refractivity contribution < 1.29 is 14.3 Å². The van der Waals surface area contributed by atoms with Crippen molar-refractivity contribution in [3.63, 3.8) is 0 Å². The van der Waals surface area contributed by atoms with Crippen LogP contribution in [0.1, 0.15) is 32.3 Å². The van der Waals surface area contributed by atoms with E-state index in [2.05, 4.69) is 34.2 Å². The number of nitrogens with one attached hydrogen (secondary N) is 1. The Kier molecular flexibility index (Phi) is 8.71. The number of likely N-dealkylation sites (N-methyl/N-ethyl adjacent to an activating group) is 1. The first-order valence-electron chi connectivity index (χ1n) is 9.70. The number of piperazine rings is 1. The number of amides is 1. The van der Waals surface area contributed by atoms with Crippen molar-refractivity contribution in [1.29, 1.82) is 0 Å². The van der Waals surface area contributed by atoms with Crippen molar-refractivity contribution in [1.82, 2.24) is 15.1 Å². The minimum atomic E-state index is 0.0819. The monoisotopic (exact) mass is 363 g/mol. The maximum Gasteiger partial charge on any atom is 0.233 e. The topological polar surface area (TPSA) is 54.0 Å². The third-order valence-corrected chi connectivity index (χ3v) is 4.58. The van der Waals surface area contributed by atoms with Gasteiger partial charge in [0.05, 0.1) is 19.8 Å². The first-order valence-corrected chi connectivity index (χ1v) is 9.70. The zero-order valence-electron chi connectivity index (χ0n) is 16.4. The maximum atomic E-state index is 11.5. The van der Waals surface area contributed by atoms with Gasteiger partial charge >= 0.3 is 0 Å². The molecule has 146 valence electrons. The summed E-state index contributed by atoms with van der Waals surface area (Å²) in [4.78, 5) is 16.1.